The predicted octanol–water partition coefficient (Wildman–Crippen LogP) is 4.20. The average Bonchev–Trinajstić information content (AvgIpc) is 3.07. The Kier molecular flexibility index (Phi) is 6.02. The second-order valence-corrected chi connectivity index (χ2v) is 7.84. The maximum absolute atomic E-state index is 12.9. The van der Waals surface area contributed by atoms with Crippen molar-refractivity contribution in [1.29, 1.82) is 0 Å². The van der Waals surface area contributed by atoms with Gasteiger partial charge in [-0.1, -0.05) is 31.0 Å². The van der Waals surface area contributed by atoms with Gasteiger partial charge in [0.2, 0.25) is 0 Å². The summed E-state index contributed by atoms with van der Waals surface area (Å²) in [7, 11) is 1.69. The molecule has 31 heavy (non-hydrogen) atoms. The molecule has 1 aliphatic rings. The Balaban J connectivity index is 1.46. The maximum atomic E-state index is 12.9. The van der Waals surface area contributed by atoms with E-state index in [0.29, 0.717) is 27.8 Å². The number of pyridine rings is 1. The minimum atomic E-state index is -0.352. The topological polar surface area (TPSA) is 83.4 Å². The Labute approximate surface area is 180 Å². The number of fused-ring (bicyclic) bond motifs is 1. The molecule has 0 spiro atoms. The Morgan fingerprint density at radius 3 is 2.13 bits per heavy atom. The molecule has 1 fully saturated rings. The van der Waals surface area contributed by atoms with E-state index in [-0.39, 0.29) is 17.5 Å². The van der Waals surface area contributed by atoms with Crippen molar-refractivity contribution in [3.8, 4) is 0 Å². The summed E-state index contributed by atoms with van der Waals surface area (Å²) in [6, 6.07) is 15.6. The van der Waals surface area contributed by atoms with Crippen LogP contribution in [0.5, 0.6) is 0 Å². The first-order valence-electron chi connectivity index (χ1n) is 10.6. The summed E-state index contributed by atoms with van der Waals surface area (Å²) in [4.78, 5) is 39.4. The third kappa shape index (κ3) is 4.60. The summed E-state index contributed by atoms with van der Waals surface area (Å²) in [5, 5.41) is 6.47. The van der Waals surface area contributed by atoms with Gasteiger partial charge >= 0.3 is 6.03 Å². The zero-order chi connectivity index (χ0) is 21.8. The van der Waals surface area contributed by atoms with E-state index in [2.05, 4.69) is 10.6 Å². The second kappa shape index (κ2) is 9.04. The van der Waals surface area contributed by atoms with Gasteiger partial charge in [-0.2, -0.15) is 0 Å². The average molecular weight is 418 g/mol. The second-order valence-electron chi connectivity index (χ2n) is 7.84. The minimum Gasteiger partial charge on any atom is -0.325 e. The normalized spacial score (nSPS) is 14.2. The predicted molar refractivity (Wildman–Crippen MR) is 123 cm³/mol. The molecule has 0 bridgehead atoms. The summed E-state index contributed by atoms with van der Waals surface area (Å²) in [6.45, 7) is 1.56. The number of aryl methyl sites for hydroxylation is 1. The van der Waals surface area contributed by atoms with Gasteiger partial charge < -0.3 is 20.1 Å². The molecule has 1 aliphatic heterocycles. The third-order valence-electron chi connectivity index (χ3n) is 5.69. The van der Waals surface area contributed by atoms with Crippen LogP contribution < -0.4 is 16.2 Å². The molecule has 2 heterocycles. The van der Waals surface area contributed by atoms with E-state index in [9.17, 15) is 14.4 Å². The number of nitrogens with one attached hydrogen (secondary N) is 2. The van der Waals surface area contributed by atoms with Crippen LogP contribution in [0.2, 0.25) is 0 Å². The molecule has 2 N–H and O–H groups in total. The lowest BCUT2D eigenvalue weighted by atomic mass is 10.1. The highest BCUT2D eigenvalue weighted by molar-refractivity contribution is 6.12. The van der Waals surface area contributed by atoms with Gasteiger partial charge in [0.25, 0.3) is 11.5 Å². The summed E-state index contributed by atoms with van der Waals surface area (Å²) >= 11 is 0. The van der Waals surface area contributed by atoms with Crippen molar-refractivity contribution in [2.24, 2.45) is 7.05 Å². The Hall–Kier alpha value is -3.61. The third-order valence-corrected chi connectivity index (χ3v) is 5.69. The van der Waals surface area contributed by atoms with Crippen molar-refractivity contribution in [1.82, 2.24) is 9.47 Å². The van der Waals surface area contributed by atoms with Gasteiger partial charge in [-0.05, 0) is 43.2 Å². The number of hydrogen-bond acceptors (Lipinski definition) is 3. The van der Waals surface area contributed by atoms with E-state index in [1.807, 2.05) is 29.2 Å². The van der Waals surface area contributed by atoms with Crippen LogP contribution in [0, 0.1) is 0 Å². The Morgan fingerprint density at radius 1 is 0.839 bits per heavy atom. The number of aromatic nitrogens is 1. The molecule has 2 aromatic carbocycles. The van der Waals surface area contributed by atoms with E-state index >= 15 is 0 Å². The van der Waals surface area contributed by atoms with Crippen LogP contribution in [0.1, 0.15) is 36.0 Å². The first-order chi connectivity index (χ1) is 15.0. The molecule has 0 radical (unpaired) electrons. The van der Waals surface area contributed by atoms with Gasteiger partial charge in [0.15, 0.2) is 0 Å². The van der Waals surface area contributed by atoms with Crippen LogP contribution in [0.4, 0.5) is 16.2 Å². The van der Waals surface area contributed by atoms with E-state index in [4.69, 9.17) is 0 Å². The van der Waals surface area contributed by atoms with Crippen molar-refractivity contribution < 1.29 is 9.59 Å². The smallest absolute Gasteiger partial charge is 0.321 e. The highest BCUT2D eigenvalue weighted by Gasteiger charge is 2.16. The van der Waals surface area contributed by atoms with Crippen molar-refractivity contribution in [3.63, 3.8) is 0 Å². The zero-order valence-corrected chi connectivity index (χ0v) is 17.6. The zero-order valence-electron chi connectivity index (χ0n) is 17.6. The monoisotopic (exact) mass is 418 g/mol. The molecule has 7 nitrogen and oxygen atoms in total. The molecule has 160 valence electrons. The molecule has 0 unspecified atom stereocenters. The number of nitrogens with zero attached hydrogens (tertiary/aromatic N) is 2. The largest absolute Gasteiger partial charge is 0.325 e. The van der Waals surface area contributed by atoms with E-state index in [1.165, 1.54) is 23.5 Å². The van der Waals surface area contributed by atoms with E-state index < -0.39 is 0 Å². The van der Waals surface area contributed by atoms with Crippen molar-refractivity contribution in [2.75, 3.05) is 23.7 Å². The molecular formula is C24H26N4O3. The Bertz CT molecular complexity index is 1160. The van der Waals surface area contributed by atoms with Crippen LogP contribution in [0.15, 0.2) is 59.4 Å². The maximum Gasteiger partial charge on any atom is 0.321 e. The summed E-state index contributed by atoms with van der Waals surface area (Å²) in [5.41, 5.74) is 2.05. The molecule has 0 saturated carbocycles. The molecule has 7 heteroatoms. The Morgan fingerprint density at radius 2 is 1.45 bits per heavy atom. The fraction of sp³-hybridized carbons (Fsp3) is 0.292. The van der Waals surface area contributed by atoms with Crippen LogP contribution in [0.3, 0.4) is 0 Å². The number of anilines is 2. The van der Waals surface area contributed by atoms with Crippen molar-refractivity contribution in [2.45, 2.75) is 25.7 Å². The standard InChI is InChI=1S/C24H26N4O3/c1-27-21-9-5-4-8-19(21)20(16-22(27)29)23(30)25-17-10-12-18(13-11-17)26-24(31)28-14-6-2-3-7-15-28/h4-5,8-13,16H,2-3,6-7,14-15H2,1H3,(H,25,30)(H,26,31). The molecule has 0 aliphatic carbocycles. The lowest BCUT2D eigenvalue weighted by Gasteiger charge is -2.20. The van der Waals surface area contributed by atoms with Crippen molar-refractivity contribution >= 4 is 34.2 Å². The molecule has 3 aromatic rings. The van der Waals surface area contributed by atoms with Crippen LogP contribution in [0.25, 0.3) is 10.9 Å². The van der Waals surface area contributed by atoms with Crippen molar-refractivity contribution in [3.05, 3.63) is 70.5 Å². The molecule has 0 atom stereocenters. The summed E-state index contributed by atoms with van der Waals surface area (Å²) in [5.74, 6) is -0.352. The summed E-state index contributed by atoms with van der Waals surface area (Å²) in [6.07, 6.45) is 4.41. The number of hydrogen-bond donors (Lipinski definition) is 2. The van der Waals surface area contributed by atoms with Gasteiger partial charge in [-0.3, -0.25) is 9.59 Å². The first-order valence-corrected chi connectivity index (χ1v) is 10.6. The van der Waals surface area contributed by atoms with Crippen LogP contribution in [-0.4, -0.2) is 34.5 Å². The highest BCUT2D eigenvalue weighted by Crippen LogP contribution is 2.20. The fourth-order valence-corrected chi connectivity index (χ4v) is 3.91. The summed E-state index contributed by atoms with van der Waals surface area (Å²) < 4.78 is 1.52. The molecule has 1 saturated heterocycles. The van der Waals surface area contributed by atoms with Gasteiger partial charge in [0.1, 0.15) is 0 Å². The SMILES string of the molecule is Cn1c(=O)cc(C(=O)Nc2ccc(NC(=O)N3CCCCCC3)cc2)c2ccccc21. The number of amides is 3. The minimum absolute atomic E-state index is 0.0923. The quantitative estimate of drug-likeness (QED) is 0.669. The van der Waals surface area contributed by atoms with Gasteiger partial charge in [0.05, 0.1) is 11.1 Å². The number of para-hydroxylation sites is 1. The van der Waals surface area contributed by atoms with Gasteiger partial charge in [0, 0.05) is 43.0 Å². The lowest BCUT2D eigenvalue weighted by molar-refractivity contribution is 0.102. The first kappa shape index (κ1) is 20.7. The fourth-order valence-electron chi connectivity index (χ4n) is 3.91. The number of urea groups is 1. The van der Waals surface area contributed by atoms with Crippen LogP contribution in [-0.2, 0) is 7.05 Å². The number of carbonyl (C=O) groups excluding carboxylic acids is 2. The molecule has 4 rings (SSSR count). The van der Waals surface area contributed by atoms with E-state index in [0.717, 1.165) is 25.9 Å². The molecule has 3 amide bonds. The van der Waals surface area contributed by atoms with Gasteiger partial charge in [-0.25, -0.2) is 4.79 Å². The van der Waals surface area contributed by atoms with Gasteiger partial charge in [-0.15, -0.1) is 0 Å². The number of carbonyl (C=O) groups is 2. The molecular weight excluding hydrogens is 392 g/mol. The number of rotatable bonds is 3. The van der Waals surface area contributed by atoms with Crippen LogP contribution >= 0.6 is 0 Å². The number of benzene rings is 2. The van der Waals surface area contributed by atoms with E-state index in [1.54, 1.807) is 31.3 Å². The number of likely N-dealkylation sites (tertiary alicyclic amines) is 1. The lowest BCUT2D eigenvalue weighted by Crippen LogP contribution is -2.35. The molecule has 1 aromatic heterocycles. The highest BCUT2D eigenvalue weighted by atomic mass is 16.2.